The third-order valence-corrected chi connectivity index (χ3v) is 2.47. The number of hydrogen-bond acceptors (Lipinski definition) is 4. The molecule has 0 saturated carbocycles. The highest BCUT2D eigenvalue weighted by atomic mass is 32.2. The van der Waals surface area contributed by atoms with Crippen molar-refractivity contribution in [3.05, 3.63) is 22.4 Å². The van der Waals surface area contributed by atoms with E-state index in [0.29, 0.717) is 5.56 Å². The first-order valence-corrected chi connectivity index (χ1v) is 5.55. The van der Waals surface area contributed by atoms with Crippen molar-refractivity contribution in [2.75, 3.05) is 5.75 Å². The Hall–Kier alpha value is -0.720. The van der Waals surface area contributed by atoms with Gasteiger partial charge in [-0.05, 0) is 11.4 Å². The van der Waals surface area contributed by atoms with E-state index < -0.39 is 21.7 Å². The van der Waals surface area contributed by atoms with Crippen molar-refractivity contribution in [2.24, 2.45) is 0 Å². The van der Waals surface area contributed by atoms with Gasteiger partial charge in [-0.25, -0.2) is 0 Å². The van der Waals surface area contributed by atoms with E-state index in [-0.39, 0.29) is 0 Å². The fraction of sp³-hybridized carbons (Fsp3) is 0.167. The van der Waals surface area contributed by atoms with E-state index in [2.05, 4.69) is 0 Å². The molecule has 1 heterocycles. The summed E-state index contributed by atoms with van der Waals surface area (Å²) in [6.45, 7) is 0. The van der Waals surface area contributed by atoms with Crippen LogP contribution in [-0.4, -0.2) is 24.5 Å². The molecule has 0 fully saturated rings. The second-order valence-electron chi connectivity index (χ2n) is 2.16. The van der Waals surface area contributed by atoms with Crippen LogP contribution in [0.2, 0.25) is 0 Å². The highest BCUT2D eigenvalue weighted by Crippen LogP contribution is 2.07. The Bertz CT molecular complexity index is 362. The second-order valence-corrected chi connectivity index (χ2v) is 4.39. The fourth-order valence-corrected chi connectivity index (χ4v) is 1.83. The topological polar surface area (TPSA) is 71.4 Å². The number of carbonyl (C=O) groups excluding carboxylic acids is 1. The highest BCUT2D eigenvalue weighted by molar-refractivity contribution is 7.86. The first-order valence-electron chi connectivity index (χ1n) is 2.99. The Labute approximate surface area is 73.6 Å². The zero-order chi connectivity index (χ0) is 9.19. The van der Waals surface area contributed by atoms with E-state index in [1.54, 1.807) is 5.38 Å². The van der Waals surface area contributed by atoms with Crippen molar-refractivity contribution < 1.29 is 17.8 Å². The smallest absolute Gasteiger partial charge is 0.272 e. The van der Waals surface area contributed by atoms with Gasteiger partial charge in [-0.3, -0.25) is 9.35 Å². The number of thiophene rings is 1. The van der Waals surface area contributed by atoms with Crippen LogP contribution in [0.1, 0.15) is 10.4 Å². The first-order chi connectivity index (χ1) is 5.49. The predicted octanol–water partition coefficient (Wildman–Crippen LogP) is 0.819. The van der Waals surface area contributed by atoms with E-state index in [0.717, 1.165) is 0 Å². The van der Waals surface area contributed by atoms with E-state index in [1.807, 2.05) is 0 Å². The van der Waals surface area contributed by atoms with Gasteiger partial charge in [-0.1, -0.05) is 0 Å². The lowest BCUT2D eigenvalue weighted by Gasteiger charge is -1.92. The van der Waals surface area contributed by atoms with Gasteiger partial charge in [0.1, 0.15) is 5.75 Å². The number of Topliss-reactive ketones (excluding diaryl/α,β-unsaturated/α-hetero) is 1. The lowest BCUT2D eigenvalue weighted by molar-refractivity contribution is 0.102. The third-order valence-electron chi connectivity index (χ3n) is 1.16. The first kappa shape index (κ1) is 9.37. The molecular weight excluding hydrogens is 200 g/mol. The highest BCUT2D eigenvalue weighted by Gasteiger charge is 2.14. The molecule has 4 nitrogen and oxygen atoms in total. The standard InChI is InChI=1S/C6H6O4S2/c7-6(4-12(8,9)10)5-1-2-11-3-5/h1-3H,4H2,(H,8,9,10). The number of hydrogen-bond donors (Lipinski definition) is 1. The van der Waals surface area contributed by atoms with Crippen molar-refractivity contribution in [3.63, 3.8) is 0 Å². The predicted molar refractivity (Wildman–Crippen MR) is 45.1 cm³/mol. The Morgan fingerprint density at radius 3 is 2.67 bits per heavy atom. The number of ketones is 1. The van der Waals surface area contributed by atoms with Gasteiger partial charge in [0.15, 0.2) is 5.78 Å². The Morgan fingerprint density at radius 1 is 1.58 bits per heavy atom. The molecule has 1 aromatic rings. The third kappa shape index (κ3) is 2.72. The SMILES string of the molecule is O=C(CS(=O)(=O)O)c1ccsc1. The summed E-state index contributed by atoms with van der Waals surface area (Å²) in [6, 6.07) is 1.51. The van der Waals surface area contributed by atoms with Crippen LogP contribution >= 0.6 is 11.3 Å². The maximum Gasteiger partial charge on any atom is 0.272 e. The van der Waals surface area contributed by atoms with Gasteiger partial charge in [0, 0.05) is 10.9 Å². The van der Waals surface area contributed by atoms with Crippen LogP contribution in [0, 0.1) is 0 Å². The Balaban J connectivity index is 2.76. The molecule has 66 valence electrons. The molecule has 0 spiro atoms. The molecule has 12 heavy (non-hydrogen) atoms. The zero-order valence-corrected chi connectivity index (χ0v) is 7.56. The molecule has 1 rings (SSSR count). The van der Waals surface area contributed by atoms with Crippen molar-refractivity contribution >= 4 is 27.2 Å². The molecule has 0 saturated heterocycles. The molecule has 0 aliphatic rings. The molecule has 0 aromatic carbocycles. The van der Waals surface area contributed by atoms with E-state index in [9.17, 15) is 13.2 Å². The number of rotatable bonds is 3. The summed E-state index contributed by atoms with van der Waals surface area (Å²) < 4.78 is 28.9. The van der Waals surface area contributed by atoms with Gasteiger partial charge in [0.05, 0.1) is 0 Å². The fourth-order valence-electron chi connectivity index (χ4n) is 0.672. The van der Waals surface area contributed by atoms with Gasteiger partial charge in [0.2, 0.25) is 0 Å². The molecule has 0 aliphatic carbocycles. The maximum atomic E-state index is 11.0. The molecule has 0 aliphatic heterocycles. The van der Waals surface area contributed by atoms with Crippen LogP contribution in [0.4, 0.5) is 0 Å². The molecule has 0 unspecified atom stereocenters. The summed E-state index contributed by atoms with van der Waals surface area (Å²) >= 11 is 1.30. The van der Waals surface area contributed by atoms with Crippen LogP contribution in [-0.2, 0) is 10.1 Å². The van der Waals surface area contributed by atoms with E-state index >= 15 is 0 Å². The zero-order valence-electron chi connectivity index (χ0n) is 5.93. The molecule has 0 amide bonds. The average molecular weight is 206 g/mol. The van der Waals surface area contributed by atoms with Gasteiger partial charge in [0.25, 0.3) is 10.1 Å². The minimum absolute atomic E-state index is 0.317. The summed E-state index contributed by atoms with van der Waals surface area (Å²) in [7, 11) is -4.19. The maximum absolute atomic E-state index is 11.0. The average Bonchev–Trinajstić information content (AvgIpc) is 2.32. The van der Waals surface area contributed by atoms with Gasteiger partial charge in [-0.15, -0.1) is 0 Å². The van der Waals surface area contributed by atoms with Gasteiger partial charge in [-0.2, -0.15) is 19.8 Å². The monoisotopic (exact) mass is 206 g/mol. The Kier molecular flexibility index (Phi) is 2.61. The van der Waals surface area contributed by atoms with Gasteiger partial charge < -0.3 is 0 Å². The lowest BCUT2D eigenvalue weighted by Crippen LogP contribution is -2.14. The summed E-state index contributed by atoms with van der Waals surface area (Å²) in [5, 5.41) is 3.20. The van der Waals surface area contributed by atoms with E-state index in [4.69, 9.17) is 4.55 Å². The van der Waals surface area contributed by atoms with Crippen molar-refractivity contribution in [2.45, 2.75) is 0 Å². The van der Waals surface area contributed by atoms with Crippen LogP contribution < -0.4 is 0 Å². The quantitative estimate of drug-likeness (QED) is 0.587. The van der Waals surface area contributed by atoms with Crippen molar-refractivity contribution in [1.82, 2.24) is 0 Å². The molecule has 0 atom stereocenters. The number of carbonyl (C=O) groups is 1. The minimum Gasteiger partial charge on any atom is -0.293 e. The minimum atomic E-state index is -4.19. The summed E-state index contributed by atoms with van der Waals surface area (Å²) in [4.78, 5) is 11.0. The van der Waals surface area contributed by atoms with Crippen molar-refractivity contribution in [1.29, 1.82) is 0 Å². The molecular formula is C6H6O4S2. The van der Waals surface area contributed by atoms with Crippen LogP contribution in [0.3, 0.4) is 0 Å². The molecule has 1 aromatic heterocycles. The summed E-state index contributed by atoms with van der Waals surface area (Å²) in [5.41, 5.74) is 0.317. The molecule has 0 radical (unpaired) electrons. The Morgan fingerprint density at radius 2 is 2.25 bits per heavy atom. The van der Waals surface area contributed by atoms with E-state index in [1.165, 1.54) is 22.8 Å². The molecule has 1 N–H and O–H groups in total. The van der Waals surface area contributed by atoms with Crippen LogP contribution in [0.5, 0.6) is 0 Å². The molecule has 0 bridgehead atoms. The van der Waals surface area contributed by atoms with Crippen LogP contribution in [0.25, 0.3) is 0 Å². The van der Waals surface area contributed by atoms with Crippen LogP contribution in [0.15, 0.2) is 16.8 Å². The van der Waals surface area contributed by atoms with Crippen molar-refractivity contribution in [3.8, 4) is 0 Å². The largest absolute Gasteiger partial charge is 0.293 e. The summed E-state index contributed by atoms with van der Waals surface area (Å²) in [5.74, 6) is -1.43. The lowest BCUT2D eigenvalue weighted by atomic mass is 10.2. The summed E-state index contributed by atoms with van der Waals surface area (Å²) in [6.07, 6.45) is 0. The molecule has 6 heteroatoms. The second kappa shape index (κ2) is 3.34. The normalized spacial score (nSPS) is 11.4. The van der Waals surface area contributed by atoms with Gasteiger partial charge >= 0.3 is 0 Å².